The third-order valence-electron chi connectivity index (χ3n) is 2.75. The van der Waals surface area contributed by atoms with E-state index in [2.05, 4.69) is 11.2 Å². The van der Waals surface area contributed by atoms with Gasteiger partial charge in [-0.3, -0.25) is 4.68 Å². The van der Waals surface area contributed by atoms with Crippen LogP contribution in [-0.4, -0.2) is 30.2 Å². The Labute approximate surface area is 117 Å². The van der Waals surface area contributed by atoms with Gasteiger partial charge in [0.1, 0.15) is 15.5 Å². The molecule has 20 heavy (non-hydrogen) atoms. The van der Waals surface area contributed by atoms with E-state index < -0.39 is 9.84 Å². The lowest BCUT2D eigenvalue weighted by Crippen LogP contribution is -2.11. The standard InChI is InChI=1S/C13H14N4O2S/c1-20(18,19)6-5-17-9-12(15)13(16-17)11-4-2-3-10(7-11)8-14/h2-4,7,9H,5-6,15H2,1H3. The minimum absolute atomic E-state index is 0.00575. The molecule has 7 heteroatoms. The topological polar surface area (TPSA) is 102 Å². The van der Waals surface area contributed by atoms with Crippen molar-refractivity contribution in [3.8, 4) is 17.3 Å². The summed E-state index contributed by atoms with van der Waals surface area (Å²) in [6.45, 7) is 0.251. The van der Waals surface area contributed by atoms with Crippen LogP contribution in [0.25, 0.3) is 11.3 Å². The van der Waals surface area contributed by atoms with Crippen LogP contribution in [-0.2, 0) is 16.4 Å². The molecule has 0 bridgehead atoms. The monoisotopic (exact) mass is 290 g/mol. The first kappa shape index (κ1) is 14.1. The molecule has 0 spiro atoms. The van der Waals surface area contributed by atoms with Gasteiger partial charge in [0.15, 0.2) is 0 Å². The fraction of sp³-hybridized carbons (Fsp3) is 0.231. The van der Waals surface area contributed by atoms with Crippen LogP contribution in [0.3, 0.4) is 0 Å². The number of anilines is 1. The predicted molar refractivity (Wildman–Crippen MR) is 76.5 cm³/mol. The van der Waals surface area contributed by atoms with E-state index in [1.54, 1.807) is 30.5 Å². The van der Waals surface area contributed by atoms with E-state index in [4.69, 9.17) is 11.0 Å². The van der Waals surface area contributed by atoms with Crippen LogP contribution in [0, 0.1) is 11.3 Å². The summed E-state index contributed by atoms with van der Waals surface area (Å²) >= 11 is 0. The van der Waals surface area contributed by atoms with Crippen molar-refractivity contribution in [1.82, 2.24) is 9.78 Å². The molecule has 2 rings (SSSR count). The molecule has 1 heterocycles. The van der Waals surface area contributed by atoms with Gasteiger partial charge in [-0.15, -0.1) is 0 Å². The van der Waals surface area contributed by atoms with Gasteiger partial charge in [0.25, 0.3) is 0 Å². The summed E-state index contributed by atoms with van der Waals surface area (Å²) in [4.78, 5) is 0. The predicted octanol–water partition coefficient (Wildman–Crippen LogP) is 1.05. The maximum Gasteiger partial charge on any atom is 0.149 e. The van der Waals surface area contributed by atoms with Crippen molar-refractivity contribution >= 4 is 15.5 Å². The average Bonchev–Trinajstić information content (AvgIpc) is 2.77. The number of sulfone groups is 1. The molecule has 0 aliphatic rings. The Morgan fingerprint density at radius 2 is 2.20 bits per heavy atom. The fourth-order valence-corrected chi connectivity index (χ4v) is 2.29. The summed E-state index contributed by atoms with van der Waals surface area (Å²) in [6, 6.07) is 9.00. The van der Waals surface area contributed by atoms with Gasteiger partial charge in [0, 0.05) is 18.0 Å². The molecule has 0 aliphatic heterocycles. The average molecular weight is 290 g/mol. The summed E-state index contributed by atoms with van der Waals surface area (Å²) in [7, 11) is -3.05. The number of hydrogen-bond donors (Lipinski definition) is 1. The maximum atomic E-state index is 11.1. The smallest absolute Gasteiger partial charge is 0.149 e. The molecule has 0 saturated heterocycles. The second kappa shape index (κ2) is 5.35. The number of hydrogen-bond acceptors (Lipinski definition) is 5. The van der Waals surface area contributed by atoms with Gasteiger partial charge in [-0.05, 0) is 12.1 Å². The van der Waals surface area contributed by atoms with E-state index in [-0.39, 0.29) is 12.3 Å². The maximum absolute atomic E-state index is 11.1. The quantitative estimate of drug-likeness (QED) is 0.906. The number of aromatic nitrogens is 2. The van der Waals surface area contributed by atoms with Crippen LogP contribution < -0.4 is 5.73 Å². The Morgan fingerprint density at radius 3 is 2.85 bits per heavy atom. The van der Waals surface area contributed by atoms with Crippen molar-refractivity contribution in [1.29, 1.82) is 5.26 Å². The van der Waals surface area contributed by atoms with Crippen LogP contribution in [0.5, 0.6) is 0 Å². The minimum atomic E-state index is -3.05. The zero-order valence-electron chi connectivity index (χ0n) is 10.9. The SMILES string of the molecule is CS(=O)(=O)CCn1cc(N)c(-c2cccc(C#N)c2)n1. The van der Waals surface area contributed by atoms with Gasteiger partial charge in [-0.2, -0.15) is 10.4 Å². The number of nitriles is 1. The first-order chi connectivity index (χ1) is 9.39. The highest BCUT2D eigenvalue weighted by atomic mass is 32.2. The van der Waals surface area contributed by atoms with Crippen molar-refractivity contribution in [2.24, 2.45) is 0 Å². The summed E-state index contributed by atoms with van der Waals surface area (Å²) in [6.07, 6.45) is 2.77. The Morgan fingerprint density at radius 1 is 1.45 bits per heavy atom. The molecule has 1 aromatic heterocycles. The molecule has 0 fully saturated rings. The number of rotatable bonds is 4. The number of nitrogen functional groups attached to an aromatic ring is 1. The normalized spacial score (nSPS) is 11.2. The van der Waals surface area contributed by atoms with Crippen molar-refractivity contribution in [2.75, 3.05) is 17.7 Å². The molecule has 0 amide bonds. The van der Waals surface area contributed by atoms with Crippen LogP contribution in [0.2, 0.25) is 0 Å². The Kier molecular flexibility index (Phi) is 3.77. The van der Waals surface area contributed by atoms with Crippen molar-refractivity contribution in [3.05, 3.63) is 36.0 Å². The molecule has 2 N–H and O–H groups in total. The van der Waals surface area contributed by atoms with Crippen LogP contribution in [0.1, 0.15) is 5.56 Å². The fourth-order valence-electron chi connectivity index (χ4n) is 1.77. The molecule has 0 unspecified atom stereocenters. The van der Waals surface area contributed by atoms with Gasteiger partial charge in [-0.25, -0.2) is 8.42 Å². The van der Waals surface area contributed by atoms with Crippen molar-refractivity contribution in [3.63, 3.8) is 0 Å². The third kappa shape index (κ3) is 3.36. The van der Waals surface area contributed by atoms with Gasteiger partial charge in [-0.1, -0.05) is 12.1 Å². The van der Waals surface area contributed by atoms with Crippen LogP contribution >= 0.6 is 0 Å². The van der Waals surface area contributed by atoms with E-state index in [9.17, 15) is 8.42 Å². The van der Waals surface area contributed by atoms with Gasteiger partial charge < -0.3 is 5.73 Å². The molecule has 6 nitrogen and oxygen atoms in total. The number of benzene rings is 1. The zero-order valence-corrected chi connectivity index (χ0v) is 11.8. The number of nitrogens with zero attached hydrogens (tertiary/aromatic N) is 3. The highest BCUT2D eigenvalue weighted by Crippen LogP contribution is 2.24. The molecular formula is C13H14N4O2S. The summed E-state index contributed by atoms with van der Waals surface area (Å²) in [5.41, 5.74) is 8.15. The highest BCUT2D eigenvalue weighted by molar-refractivity contribution is 7.90. The summed E-state index contributed by atoms with van der Waals surface area (Å²) in [5.74, 6) is 0.00575. The first-order valence-corrected chi connectivity index (χ1v) is 7.96. The molecule has 0 aliphatic carbocycles. The molecule has 1 aromatic carbocycles. The zero-order chi connectivity index (χ0) is 14.8. The van der Waals surface area contributed by atoms with Gasteiger partial charge >= 0.3 is 0 Å². The lowest BCUT2D eigenvalue weighted by Gasteiger charge is -2.00. The van der Waals surface area contributed by atoms with Gasteiger partial charge in [0.05, 0.1) is 29.6 Å². The molecule has 0 saturated carbocycles. The van der Waals surface area contributed by atoms with E-state index in [1.165, 1.54) is 10.9 Å². The Bertz CT molecular complexity index is 772. The molecule has 0 atom stereocenters. The third-order valence-corrected chi connectivity index (χ3v) is 3.67. The van der Waals surface area contributed by atoms with E-state index in [1.807, 2.05) is 0 Å². The molecule has 2 aromatic rings. The largest absolute Gasteiger partial charge is 0.396 e. The Balaban J connectivity index is 2.29. The summed E-state index contributed by atoms with van der Waals surface area (Å²) < 4.78 is 23.8. The molecule has 0 radical (unpaired) electrons. The molecular weight excluding hydrogens is 276 g/mol. The van der Waals surface area contributed by atoms with Crippen molar-refractivity contribution < 1.29 is 8.42 Å². The van der Waals surface area contributed by atoms with Crippen LogP contribution in [0.4, 0.5) is 5.69 Å². The number of nitrogens with two attached hydrogens (primary N) is 1. The van der Waals surface area contributed by atoms with Crippen LogP contribution in [0.15, 0.2) is 30.5 Å². The van der Waals surface area contributed by atoms with Gasteiger partial charge in [0.2, 0.25) is 0 Å². The Hall–Kier alpha value is -2.33. The summed E-state index contributed by atoms with van der Waals surface area (Å²) in [5, 5.41) is 13.2. The first-order valence-electron chi connectivity index (χ1n) is 5.90. The second-order valence-electron chi connectivity index (χ2n) is 4.52. The minimum Gasteiger partial charge on any atom is -0.396 e. The molecule has 104 valence electrons. The van der Waals surface area contributed by atoms with E-state index >= 15 is 0 Å². The number of aryl methyl sites for hydroxylation is 1. The van der Waals surface area contributed by atoms with E-state index in [0.717, 1.165) is 5.56 Å². The lowest BCUT2D eigenvalue weighted by molar-refractivity contribution is 0.586. The lowest BCUT2D eigenvalue weighted by atomic mass is 10.1. The van der Waals surface area contributed by atoms with E-state index in [0.29, 0.717) is 16.9 Å². The second-order valence-corrected chi connectivity index (χ2v) is 6.78. The van der Waals surface area contributed by atoms with Crippen molar-refractivity contribution in [2.45, 2.75) is 6.54 Å². The highest BCUT2D eigenvalue weighted by Gasteiger charge is 2.10.